The molecule has 1 rings (SSSR count). The van der Waals surface area contributed by atoms with Crippen LogP contribution in [0, 0.1) is 20.8 Å². The van der Waals surface area contributed by atoms with E-state index in [4.69, 9.17) is 0 Å². The van der Waals surface area contributed by atoms with Gasteiger partial charge in [-0.15, -0.1) is 0 Å². The maximum atomic E-state index is 14.9. The Labute approximate surface area is 161 Å². The zero-order chi connectivity index (χ0) is 21.6. The van der Waals surface area contributed by atoms with Crippen molar-refractivity contribution in [3.05, 3.63) is 64.3 Å². The van der Waals surface area contributed by atoms with Gasteiger partial charge in [0.15, 0.2) is 5.83 Å². The first kappa shape index (κ1) is 23.6. The molecule has 0 saturated heterocycles. The summed E-state index contributed by atoms with van der Waals surface area (Å²) in [5, 5.41) is 0. The van der Waals surface area contributed by atoms with Crippen molar-refractivity contribution < 1.29 is 31.5 Å². The maximum Gasteiger partial charge on any atom is 0.415 e. The summed E-state index contributed by atoms with van der Waals surface area (Å²) in [6.07, 6.45) is -5.35. The number of halogens is 5. The van der Waals surface area contributed by atoms with E-state index in [1.807, 2.05) is 0 Å². The second kappa shape index (κ2) is 9.66. The molecule has 0 spiro atoms. The number of benzene rings is 1. The molecule has 0 aliphatic carbocycles. The fourth-order valence-electron chi connectivity index (χ4n) is 2.81. The van der Waals surface area contributed by atoms with E-state index in [9.17, 15) is 26.7 Å². The van der Waals surface area contributed by atoms with Gasteiger partial charge in [0.2, 0.25) is 0 Å². The van der Waals surface area contributed by atoms with E-state index in [0.717, 1.165) is 5.56 Å². The monoisotopic (exact) mass is 402 g/mol. The highest BCUT2D eigenvalue weighted by molar-refractivity contribution is 5.83. The van der Waals surface area contributed by atoms with E-state index in [2.05, 4.69) is 11.3 Å². The Balaban J connectivity index is 3.48. The quantitative estimate of drug-likeness (QED) is 0.291. The predicted octanol–water partition coefficient (Wildman–Crippen LogP) is 6.61. The average Bonchev–Trinajstić information content (AvgIpc) is 2.56. The van der Waals surface area contributed by atoms with Gasteiger partial charge in [0.1, 0.15) is 5.83 Å². The first-order valence-corrected chi connectivity index (χ1v) is 8.64. The number of allylic oxidation sites excluding steroid dienone is 5. The Bertz CT molecular complexity index is 794. The van der Waals surface area contributed by atoms with Crippen LogP contribution in [0.2, 0.25) is 0 Å². The number of hydrogen-bond donors (Lipinski definition) is 0. The minimum Gasteiger partial charge on any atom is -0.466 e. The standard InChI is InChI=1S/C21H23F5O2/c1-6-28-18(27)8-7-17(22)20(23)16(11-15(5)21(24,25)26)19-13(3)9-12(2)10-14(19)4/h9-11H,5-8H2,1-4H3/b16-11-,20-17+. The van der Waals surface area contributed by atoms with Crippen LogP contribution >= 0.6 is 0 Å². The summed E-state index contributed by atoms with van der Waals surface area (Å²) >= 11 is 0. The minimum atomic E-state index is -4.79. The molecule has 0 aliphatic rings. The second-order valence-corrected chi connectivity index (χ2v) is 6.38. The van der Waals surface area contributed by atoms with Crippen LogP contribution in [0.15, 0.2) is 42.0 Å². The smallest absolute Gasteiger partial charge is 0.415 e. The van der Waals surface area contributed by atoms with Gasteiger partial charge in [0.05, 0.1) is 13.0 Å². The summed E-state index contributed by atoms with van der Waals surface area (Å²) in [5.74, 6) is -3.50. The zero-order valence-corrected chi connectivity index (χ0v) is 16.3. The maximum absolute atomic E-state index is 14.9. The number of aryl methyl sites for hydroxylation is 3. The molecule has 1 aromatic rings. The molecular weight excluding hydrogens is 379 g/mol. The fourth-order valence-corrected chi connectivity index (χ4v) is 2.81. The fraction of sp³-hybridized carbons (Fsp3) is 0.381. The summed E-state index contributed by atoms with van der Waals surface area (Å²) in [6.45, 7) is 9.56. The van der Waals surface area contributed by atoms with E-state index < -0.39 is 47.8 Å². The van der Waals surface area contributed by atoms with Crippen molar-refractivity contribution in [1.29, 1.82) is 0 Å². The molecule has 28 heavy (non-hydrogen) atoms. The van der Waals surface area contributed by atoms with Gasteiger partial charge in [-0.05, 0) is 50.5 Å². The van der Waals surface area contributed by atoms with E-state index in [1.54, 1.807) is 39.8 Å². The molecule has 0 radical (unpaired) electrons. The number of esters is 1. The molecule has 0 aromatic heterocycles. The number of alkyl halides is 3. The van der Waals surface area contributed by atoms with Crippen LogP contribution in [0.1, 0.15) is 42.0 Å². The third-order valence-corrected chi connectivity index (χ3v) is 3.96. The van der Waals surface area contributed by atoms with Crippen molar-refractivity contribution in [1.82, 2.24) is 0 Å². The number of ether oxygens (including phenoxy) is 1. The first-order chi connectivity index (χ1) is 12.9. The van der Waals surface area contributed by atoms with Crippen LogP contribution in [0.5, 0.6) is 0 Å². The van der Waals surface area contributed by atoms with Gasteiger partial charge in [-0.1, -0.05) is 24.3 Å². The number of hydrogen-bond acceptors (Lipinski definition) is 2. The largest absolute Gasteiger partial charge is 0.466 e. The lowest BCUT2D eigenvalue weighted by molar-refractivity contribution is -0.143. The highest BCUT2D eigenvalue weighted by Gasteiger charge is 2.32. The molecule has 154 valence electrons. The Morgan fingerprint density at radius 3 is 2.11 bits per heavy atom. The Morgan fingerprint density at radius 1 is 1.11 bits per heavy atom. The average molecular weight is 402 g/mol. The zero-order valence-electron chi connectivity index (χ0n) is 16.3. The van der Waals surface area contributed by atoms with E-state index >= 15 is 0 Å². The van der Waals surface area contributed by atoms with Crippen molar-refractivity contribution in [2.24, 2.45) is 0 Å². The highest BCUT2D eigenvalue weighted by atomic mass is 19.4. The molecule has 7 heteroatoms. The molecule has 0 saturated carbocycles. The SMILES string of the molecule is C=C(/C=C(\C(F)=C(/F)CCC(=O)OCC)c1c(C)cc(C)cc1C)C(F)(F)F. The number of carbonyl (C=O) groups is 1. The lowest BCUT2D eigenvalue weighted by Crippen LogP contribution is -2.10. The predicted molar refractivity (Wildman–Crippen MR) is 98.9 cm³/mol. The lowest BCUT2D eigenvalue weighted by Gasteiger charge is -2.16. The van der Waals surface area contributed by atoms with Gasteiger partial charge in [-0.2, -0.15) is 13.2 Å². The summed E-state index contributed by atoms with van der Waals surface area (Å²) < 4.78 is 72.8. The molecule has 0 unspecified atom stereocenters. The Hall–Kier alpha value is -2.44. The highest BCUT2D eigenvalue weighted by Crippen LogP contribution is 2.37. The van der Waals surface area contributed by atoms with Crippen molar-refractivity contribution in [3.63, 3.8) is 0 Å². The van der Waals surface area contributed by atoms with Gasteiger partial charge in [0, 0.05) is 17.6 Å². The summed E-state index contributed by atoms with van der Waals surface area (Å²) in [7, 11) is 0. The third kappa shape index (κ3) is 6.32. The Kier molecular flexibility index (Phi) is 8.14. The number of rotatable bonds is 7. The van der Waals surface area contributed by atoms with Crippen molar-refractivity contribution in [2.45, 2.75) is 46.7 Å². The summed E-state index contributed by atoms with van der Waals surface area (Å²) in [4.78, 5) is 11.4. The Morgan fingerprint density at radius 2 is 1.64 bits per heavy atom. The molecular formula is C21H23F5O2. The number of carbonyl (C=O) groups excluding carboxylic acids is 1. The molecule has 0 atom stereocenters. The van der Waals surface area contributed by atoms with Crippen LogP contribution in [0.4, 0.5) is 22.0 Å². The van der Waals surface area contributed by atoms with Crippen molar-refractivity contribution >= 4 is 11.5 Å². The van der Waals surface area contributed by atoms with E-state index in [1.165, 1.54) is 0 Å². The molecule has 1 aromatic carbocycles. The van der Waals surface area contributed by atoms with Crippen LogP contribution in [-0.2, 0) is 9.53 Å². The molecule has 0 N–H and O–H groups in total. The molecule has 2 nitrogen and oxygen atoms in total. The van der Waals surface area contributed by atoms with Crippen molar-refractivity contribution in [2.75, 3.05) is 6.61 Å². The summed E-state index contributed by atoms with van der Waals surface area (Å²) in [5.41, 5.74) is 0.104. The topological polar surface area (TPSA) is 26.3 Å². The van der Waals surface area contributed by atoms with Crippen LogP contribution in [-0.4, -0.2) is 18.8 Å². The van der Waals surface area contributed by atoms with Gasteiger partial charge in [-0.25, -0.2) is 8.78 Å². The molecule has 0 aliphatic heterocycles. The second-order valence-electron chi connectivity index (χ2n) is 6.38. The molecule has 0 heterocycles. The van der Waals surface area contributed by atoms with E-state index in [0.29, 0.717) is 17.2 Å². The lowest BCUT2D eigenvalue weighted by atomic mass is 9.91. The van der Waals surface area contributed by atoms with Crippen LogP contribution in [0.3, 0.4) is 0 Å². The minimum absolute atomic E-state index is 0.0883. The van der Waals surface area contributed by atoms with Gasteiger partial charge in [-0.3, -0.25) is 4.79 Å². The van der Waals surface area contributed by atoms with Gasteiger partial charge < -0.3 is 4.74 Å². The summed E-state index contributed by atoms with van der Waals surface area (Å²) in [6, 6.07) is 3.33. The van der Waals surface area contributed by atoms with E-state index in [-0.39, 0.29) is 12.2 Å². The van der Waals surface area contributed by atoms with Gasteiger partial charge >= 0.3 is 12.1 Å². The normalized spacial score (nSPS) is 13.2. The van der Waals surface area contributed by atoms with Crippen LogP contribution < -0.4 is 0 Å². The molecule has 0 amide bonds. The third-order valence-electron chi connectivity index (χ3n) is 3.96. The molecule has 0 fully saturated rings. The van der Waals surface area contributed by atoms with Crippen molar-refractivity contribution in [3.8, 4) is 0 Å². The van der Waals surface area contributed by atoms with Gasteiger partial charge in [0.25, 0.3) is 0 Å². The van der Waals surface area contributed by atoms with Crippen LogP contribution in [0.25, 0.3) is 5.57 Å². The molecule has 0 bridgehead atoms. The first-order valence-electron chi connectivity index (χ1n) is 8.64.